The Morgan fingerprint density at radius 1 is 1.22 bits per heavy atom. The van der Waals surface area contributed by atoms with Gasteiger partial charge < -0.3 is 5.32 Å². The molecule has 0 radical (unpaired) electrons. The molecule has 0 spiro atoms. The fourth-order valence-electron chi connectivity index (χ4n) is 1.69. The van der Waals surface area contributed by atoms with Crippen LogP contribution in [0.1, 0.15) is 5.69 Å². The number of hydrogen-bond donors (Lipinski definition) is 1. The first-order chi connectivity index (χ1) is 8.72. The molecule has 0 atom stereocenters. The summed E-state index contributed by atoms with van der Waals surface area (Å²) >= 11 is 5.08. The number of aryl methyl sites for hydroxylation is 1. The maximum absolute atomic E-state index is 4.47. The lowest BCUT2D eigenvalue weighted by Gasteiger charge is -2.07. The van der Waals surface area contributed by atoms with Gasteiger partial charge >= 0.3 is 0 Å². The van der Waals surface area contributed by atoms with E-state index in [1.165, 1.54) is 4.70 Å². The van der Waals surface area contributed by atoms with Crippen molar-refractivity contribution in [2.45, 2.75) is 6.92 Å². The molecule has 2 heterocycles. The Hall–Kier alpha value is -1.46. The van der Waals surface area contributed by atoms with Gasteiger partial charge in [0.15, 0.2) is 0 Å². The average molecular weight is 320 g/mol. The molecule has 1 aromatic carbocycles. The lowest BCUT2D eigenvalue weighted by Crippen LogP contribution is -1.94. The second kappa shape index (κ2) is 4.66. The van der Waals surface area contributed by atoms with Crippen LogP contribution in [0.15, 0.2) is 40.3 Å². The number of anilines is 2. The maximum Gasteiger partial charge on any atom is 0.130 e. The topological polar surface area (TPSA) is 37.8 Å². The zero-order valence-electron chi connectivity index (χ0n) is 9.64. The number of fused-ring (bicyclic) bond motifs is 1. The molecule has 90 valence electrons. The van der Waals surface area contributed by atoms with E-state index >= 15 is 0 Å². The Morgan fingerprint density at radius 3 is 2.94 bits per heavy atom. The minimum Gasteiger partial charge on any atom is -0.340 e. The molecule has 3 nitrogen and oxygen atoms in total. The number of nitrogens with one attached hydrogen (secondary N) is 1. The Bertz CT molecular complexity index is 708. The number of pyridine rings is 1. The summed E-state index contributed by atoms with van der Waals surface area (Å²) in [6.07, 6.45) is 0. The van der Waals surface area contributed by atoms with E-state index in [-0.39, 0.29) is 0 Å². The second-order valence-corrected chi connectivity index (χ2v) is 5.66. The lowest BCUT2D eigenvalue weighted by molar-refractivity contribution is 1.18. The summed E-state index contributed by atoms with van der Waals surface area (Å²) < 4.78 is 2.19. The largest absolute Gasteiger partial charge is 0.340 e. The number of hydrogen-bond acceptors (Lipinski definition) is 4. The highest BCUT2D eigenvalue weighted by atomic mass is 79.9. The van der Waals surface area contributed by atoms with Gasteiger partial charge in [-0.25, -0.2) is 9.97 Å². The third-order valence-corrected chi connectivity index (χ3v) is 4.25. The van der Waals surface area contributed by atoms with Crippen LogP contribution in [0.5, 0.6) is 0 Å². The van der Waals surface area contributed by atoms with E-state index in [1.807, 2.05) is 36.7 Å². The van der Waals surface area contributed by atoms with E-state index in [4.69, 9.17) is 0 Å². The second-order valence-electron chi connectivity index (χ2n) is 3.92. The number of halogens is 1. The molecule has 0 bridgehead atoms. The summed E-state index contributed by atoms with van der Waals surface area (Å²) in [6, 6.07) is 10.1. The molecule has 0 unspecified atom stereocenters. The van der Waals surface area contributed by atoms with Gasteiger partial charge in [-0.1, -0.05) is 0 Å². The van der Waals surface area contributed by atoms with Crippen molar-refractivity contribution in [3.8, 4) is 0 Å². The molecule has 0 aliphatic rings. The molecule has 0 amide bonds. The molecule has 0 aliphatic carbocycles. The molecule has 0 aliphatic heterocycles. The highest BCUT2D eigenvalue weighted by Gasteiger charge is 2.02. The highest BCUT2D eigenvalue weighted by Crippen LogP contribution is 2.24. The van der Waals surface area contributed by atoms with E-state index in [0.717, 1.165) is 27.2 Å². The van der Waals surface area contributed by atoms with Crippen molar-refractivity contribution in [1.82, 2.24) is 9.97 Å². The van der Waals surface area contributed by atoms with E-state index in [9.17, 15) is 0 Å². The monoisotopic (exact) mass is 319 g/mol. The third kappa shape index (κ3) is 2.23. The minimum atomic E-state index is 0.847. The zero-order valence-corrected chi connectivity index (χ0v) is 12.0. The zero-order chi connectivity index (χ0) is 12.5. The fourth-order valence-corrected chi connectivity index (χ4v) is 2.63. The van der Waals surface area contributed by atoms with Gasteiger partial charge in [-0.2, -0.15) is 0 Å². The number of nitrogens with zero attached hydrogens (tertiary/aromatic N) is 2. The normalized spacial score (nSPS) is 10.8. The molecule has 18 heavy (non-hydrogen) atoms. The Kier molecular flexibility index (Phi) is 3.01. The van der Waals surface area contributed by atoms with Crippen molar-refractivity contribution in [3.05, 3.63) is 46.0 Å². The van der Waals surface area contributed by atoms with Crippen LogP contribution in [-0.2, 0) is 0 Å². The Morgan fingerprint density at radius 2 is 2.11 bits per heavy atom. The van der Waals surface area contributed by atoms with E-state index in [1.54, 1.807) is 11.3 Å². The summed E-state index contributed by atoms with van der Waals surface area (Å²) in [4.78, 5) is 8.73. The molecular formula is C13H10BrN3S. The number of rotatable bonds is 2. The highest BCUT2D eigenvalue weighted by molar-refractivity contribution is 9.10. The Balaban J connectivity index is 1.92. The van der Waals surface area contributed by atoms with Crippen LogP contribution in [0.4, 0.5) is 11.5 Å². The maximum atomic E-state index is 4.47. The summed E-state index contributed by atoms with van der Waals surface area (Å²) in [6.45, 7) is 1.97. The van der Waals surface area contributed by atoms with Crippen LogP contribution in [-0.4, -0.2) is 9.97 Å². The van der Waals surface area contributed by atoms with Gasteiger partial charge in [0.25, 0.3) is 0 Å². The fraction of sp³-hybridized carbons (Fsp3) is 0.0769. The van der Waals surface area contributed by atoms with Gasteiger partial charge in [0.2, 0.25) is 0 Å². The van der Waals surface area contributed by atoms with Crippen LogP contribution in [0.2, 0.25) is 0 Å². The average Bonchev–Trinajstić information content (AvgIpc) is 2.81. The van der Waals surface area contributed by atoms with E-state index in [0.29, 0.717) is 0 Å². The predicted molar refractivity (Wildman–Crippen MR) is 79.6 cm³/mol. The van der Waals surface area contributed by atoms with Gasteiger partial charge in [-0.3, -0.25) is 0 Å². The van der Waals surface area contributed by atoms with Gasteiger partial charge in [-0.15, -0.1) is 11.3 Å². The van der Waals surface area contributed by atoms with Crippen molar-refractivity contribution in [1.29, 1.82) is 0 Å². The van der Waals surface area contributed by atoms with Crippen molar-refractivity contribution in [2.75, 3.05) is 5.32 Å². The van der Waals surface area contributed by atoms with Gasteiger partial charge in [0.05, 0.1) is 21.4 Å². The molecule has 3 rings (SSSR count). The minimum absolute atomic E-state index is 0.847. The molecular weight excluding hydrogens is 310 g/mol. The van der Waals surface area contributed by atoms with Crippen LogP contribution < -0.4 is 5.32 Å². The quantitative estimate of drug-likeness (QED) is 0.755. The summed E-state index contributed by atoms with van der Waals surface area (Å²) in [5.41, 5.74) is 4.89. The number of benzene rings is 1. The predicted octanol–water partition coefficient (Wildman–Crippen LogP) is 4.51. The first kappa shape index (κ1) is 11.6. The van der Waals surface area contributed by atoms with Crippen molar-refractivity contribution in [2.24, 2.45) is 0 Å². The molecule has 3 aromatic rings. The molecule has 5 heteroatoms. The number of aromatic nitrogens is 2. The van der Waals surface area contributed by atoms with Crippen molar-refractivity contribution < 1.29 is 0 Å². The first-order valence-corrected chi connectivity index (χ1v) is 7.13. The van der Waals surface area contributed by atoms with Gasteiger partial charge in [0.1, 0.15) is 5.82 Å². The van der Waals surface area contributed by atoms with E-state index in [2.05, 4.69) is 37.3 Å². The Labute approximate surface area is 117 Å². The molecule has 0 saturated heterocycles. The number of thiazole rings is 1. The standard InChI is InChI=1S/C13H10BrN3S/c1-8-10(14)3-5-13(16-8)17-9-2-4-11-12(6-9)18-7-15-11/h2-7H,1H3,(H,16,17). The first-order valence-electron chi connectivity index (χ1n) is 5.46. The molecule has 2 aromatic heterocycles. The van der Waals surface area contributed by atoms with E-state index < -0.39 is 0 Å². The van der Waals surface area contributed by atoms with Crippen LogP contribution in [0.25, 0.3) is 10.2 Å². The van der Waals surface area contributed by atoms with Crippen LogP contribution >= 0.6 is 27.3 Å². The van der Waals surface area contributed by atoms with Crippen molar-refractivity contribution >= 4 is 49.0 Å². The molecule has 1 N–H and O–H groups in total. The van der Waals surface area contributed by atoms with Crippen LogP contribution in [0, 0.1) is 6.92 Å². The molecule has 0 saturated carbocycles. The third-order valence-electron chi connectivity index (χ3n) is 2.63. The van der Waals surface area contributed by atoms with Crippen molar-refractivity contribution in [3.63, 3.8) is 0 Å². The van der Waals surface area contributed by atoms with Crippen LogP contribution in [0.3, 0.4) is 0 Å². The van der Waals surface area contributed by atoms with Gasteiger partial charge in [0, 0.05) is 10.2 Å². The summed E-state index contributed by atoms with van der Waals surface area (Å²) in [5, 5.41) is 3.30. The lowest BCUT2D eigenvalue weighted by atomic mass is 10.3. The SMILES string of the molecule is Cc1nc(Nc2ccc3ncsc3c2)ccc1Br. The molecule has 0 fully saturated rings. The summed E-state index contributed by atoms with van der Waals surface area (Å²) in [5.74, 6) is 0.847. The smallest absolute Gasteiger partial charge is 0.130 e. The van der Waals surface area contributed by atoms with Gasteiger partial charge in [-0.05, 0) is 53.2 Å². The summed E-state index contributed by atoms with van der Waals surface area (Å²) in [7, 11) is 0.